The molecule has 4 aliphatic rings. The number of hydrogen-bond acceptors (Lipinski definition) is 2. The second kappa shape index (κ2) is 6.27. The molecular formula is C25H33BrO2. The van der Waals surface area contributed by atoms with Gasteiger partial charge in [-0.2, -0.15) is 0 Å². The third kappa shape index (κ3) is 2.20. The second-order valence-corrected chi connectivity index (χ2v) is 11.1. The van der Waals surface area contributed by atoms with E-state index in [0.29, 0.717) is 23.3 Å². The second-order valence-electron chi connectivity index (χ2n) is 10.3. The summed E-state index contributed by atoms with van der Waals surface area (Å²) in [5, 5.41) is 23.4. The maximum Gasteiger partial charge on any atom is 0.123 e. The van der Waals surface area contributed by atoms with Crippen LogP contribution in [-0.2, 0) is 10.8 Å². The van der Waals surface area contributed by atoms with Crippen LogP contribution in [0, 0.1) is 17.3 Å². The lowest BCUT2D eigenvalue weighted by atomic mass is 9.72. The minimum absolute atomic E-state index is 0.118. The van der Waals surface area contributed by atoms with Crippen molar-refractivity contribution in [3.8, 4) is 11.5 Å². The molecule has 4 unspecified atom stereocenters. The Morgan fingerprint density at radius 3 is 2.29 bits per heavy atom. The lowest BCUT2D eigenvalue weighted by Crippen LogP contribution is -2.25. The predicted octanol–water partition coefficient (Wildman–Crippen LogP) is 6.72. The Morgan fingerprint density at radius 1 is 1.07 bits per heavy atom. The minimum atomic E-state index is -0.118. The molecule has 0 aliphatic heterocycles. The highest BCUT2D eigenvalue weighted by atomic mass is 79.9. The number of benzene rings is 1. The standard InChI is InChI=1S/C25H33BrO2/c1-16-15-25(21-14-18(16)23(21,25)2)22-19(27)12-17(13-20(22)28)24(9-5-6-10-24)8-4-3-7-11-26/h12-13,15,18,21,27-28H,3-11,14H2,1-2H3. The van der Waals surface area contributed by atoms with E-state index in [9.17, 15) is 10.2 Å². The van der Waals surface area contributed by atoms with Gasteiger partial charge in [-0.1, -0.05) is 60.2 Å². The SMILES string of the molecule is CC1=CC2(c3c(O)cc(C4(CCCCCBr)CCCC4)cc3O)C3CC1C32C. The summed E-state index contributed by atoms with van der Waals surface area (Å²) in [6.07, 6.45) is 13.3. The Labute approximate surface area is 177 Å². The van der Waals surface area contributed by atoms with Crippen molar-refractivity contribution in [1.82, 2.24) is 0 Å². The van der Waals surface area contributed by atoms with Crippen LogP contribution in [0.4, 0.5) is 0 Å². The molecule has 28 heavy (non-hydrogen) atoms. The van der Waals surface area contributed by atoms with E-state index < -0.39 is 0 Å². The van der Waals surface area contributed by atoms with Crippen LogP contribution in [0.25, 0.3) is 0 Å². The lowest BCUT2D eigenvalue weighted by molar-refractivity contribution is 0.221. The summed E-state index contributed by atoms with van der Waals surface area (Å²) in [5.41, 5.74) is 3.70. The topological polar surface area (TPSA) is 40.5 Å². The van der Waals surface area contributed by atoms with Gasteiger partial charge in [-0.25, -0.2) is 0 Å². The fourth-order valence-electron chi connectivity index (χ4n) is 7.75. The maximum atomic E-state index is 11.2. The molecule has 0 spiro atoms. The zero-order valence-corrected chi connectivity index (χ0v) is 18.8. The molecule has 0 radical (unpaired) electrons. The van der Waals surface area contributed by atoms with Crippen molar-refractivity contribution in [2.24, 2.45) is 17.3 Å². The number of alkyl halides is 1. The van der Waals surface area contributed by atoms with Crippen molar-refractivity contribution in [1.29, 1.82) is 0 Å². The Hall–Kier alpha value is -0.960. The molecule has 0 aromatic heterocycles. The number of unbranched alkanes of at least 4 members (excludes halogenated alkanes) is 2. The largest absolute Gasteiger partial charge is 0.507 e. The van der Waals surface area contributed by atoms with Crippen LogP contribution in [0.2, 0.25) is 0 Å². The fourth-order valence-corrected chi connectivity index (χ4v) is 8.15. The molecule has 3 saturated carbocycles. The molecule has 5 rings (SSSR count). The van der Waals surface area contributed by atoms with Crippen molar-refractivity contribution in [2.45, 2.75) is 82.5 Å². The number of hydrogen-bond donors (Lipinski definition) is 2. The predicted molar refractivity (Wildman–Crippen MR) is 117 cm³/mol. The van der Waals surface area contributed by atoms with E-state index in [1.54, 1.807) is 0 Å². The molecule has 4 atom stereocenters. The highest BCUT2D eigenvalue weighted by molar-refractivity contribution is 9.09. The van der Waals surface area contributed by atoms with Crippen LogP contribution in [0.1, 0.15) is 82.8 Å². The molecule has 0 heterocycles. The average molecular weight is 445 g/mol. The summed E-state index contributed by atoms with van der Waals surface area (Å²) in [6, 6.07) is 4.05. The van der Waals surface area contributed by atoms with Crippen LogP contribution in [0.5, 0.6) is 11.5 Å². The average Bonchev–Trinajstić information content (AvgIpc) is 3.01. The van der Waals surface area contributed by atoms with E-state index in [0.717, 1.165) is 10.9 Å². The number of halogens is 1. The van der Waals surface area contributed by atoms with Gasteiger partial charge in [-0.15, -0.1) is 0 Å². The first-order valence-corrected chi connectivity index (χ1v) is 12.3. The van der Waals surface area contributed by atoms with Gasteiger partial charge < -0.3 is 10.2 Å². The Morgan fingerprint density at radius 2 is 1.75 bits per heavy atom. The van der Waals surface area contributed by atoms with Crippen molar-refractivity contribution < 1.29 is 10.2 Å². The fraction of sp³-hybridized carbons (Fsp3) is 0.680. The zero-order chi connectivity index (χ0) is 19.7. The van der Waals surface area contributed by atoms with E-state index in [2.05, 4.69) is 35.9 Å². The zero-order valence-electron chi connectivity index (χ0n) is 17.2. The molecule has 0 amide bonds. The third-order valence-electron chi connectivity index (χ3n) is 9.25. The summed E-state index contributed by atoms with van der Waals surface area (Å²) in [5.74, 6) is 1.91. The number of aromatic hydroxyl groups is 2. The molecule has 1 aromatic rings. The molecule has 0 bridgehead atoms. The first-order valence-electron chi connectivity index (χ1n) is 11.2. The van der Waals surface area contributed by atoms with Crippen molar-refractivity contribution in [2.75, 3.05) is 5.33 Å². The van der Waals surface area contributed by atoms with Gasteiger partial charge in [0.1, 0.15) is 11.5 Å². The molecule has 152 valence electrons. The first-order chi connectivity index (χ1) is 13.4. The molecular weight excluding hydrogens is 412 g/mol. The molecule has 1 aromatic carbocycles. The van der Waals surface area contributed by atoms with Gasteiger partial charge >= 0.3 is 0 Å². The number of fused-ring (bicyclic) bond motifs is 1. The third-order valence-corrected chi connectivity index (χ3v) is 9.81. The molecule has 3 fully saturated rings. The lowest BCUT2D eigenvalue weighted by Gasteiger charge is -2.32. The van der Waals surface area contributed by atoms with E-state index >= 15 is 0 Å². The first kappa shape index (κ1) is 19.0. The van der Waals surface area contributed by atoms with Gasteiger partial charge in [-0.3, -0.25) is 0 Å². The van der Waals surface area contributed by atoms with E-state index in [4.69, 9.17) is 0 Å². The van der Waals surface area contributed by atoms with E-state index in [-0.39, 0.29) is 16.2 Å². The molecule has 0 saturated heterocycles. The molecule has 3 heteroatoms. The smallest absolute Gasteiger partial charge is 0.123 e. The van der Waals surface area contributed by atoms with Crippen LogP contribution in [0.3, 0.4) is 0 Å². The normalized spacial score (nSPS) is 36.8. The Balaban J connectivity index is 1.49. The van der Waals surface area contributed by atoms with Crippen LogP contribution >= 0.6 is 15.9 Å². The molecule has 2 nitrogen and oxygen atoms in total. The maximum absolute atomic E-state index is 11.2. The molecule has 2 N–H and O–H groups in total. The van der Waals surface area contributed by atoms with E-state index in [1.165, 1.54) is 68.9 Å². The highest BCUT2D eigenvalue weighted by Gasteiger charge is 2.86. The quantitative estimate of drug-likeness (QED) is 0.278. The highest BCUT2D eigenvalue weighted by Crippen LogP contribution is 2.89. The number of allylic oxidation sites excluding steroid dienone is 2. The Bertz CT molecular complexity index is 814. The summed E-state index contributed by atoms with van der Waals surface area (Å²) in [7, 11) is 0. The van der Waals surface area contributed by atoms with Gasteiger partial charge in [0.2, 0.25) is 0 Å². The number of rotatable bonds is 7. The van der Waals surface area contributed by atoms with Gasteiger partial charge in [0.05, 0.1) is 0 Å². The van der Waals surface area contributed by atoms with E-state index in [1.807, 2.05) is 12.1 Å². The van der Waals surface area contributed by atoms with Crippen molar-refractivity contribution >= 4 is 15.9 Å². The monoisotopic (exact) mass is 444 g/mol. The Kier molecular flexibility index (Phi) is 4.26. The number of phenolic OH excluding ortho intramolecular Hbond substituents is 2. The van der Waals surface area contributed by atoms with Crippen LogP contribution in [-0.4, -0.2) is 15.5 Å². The van der Waals surface area contributed by atoms with Crippen LogP contribution < -0.4 is 0 Å². The van der Waals surface area contributed by atoms with Crippen molar-refractivity contribution in [3.05, 3.63) is 34.9 Å². The van der Waals surface area contributed by atoms with Gasteiger partial charge in [0, 0.05) is 16.3 Å². The summed E-state index contributed by atoms with van der Waals surface area (Å²) >= 11 is 3.54. The summed E-state index contributed by atoms with van der Waals surface area (Å²) < 4.78 is 0. The summed E-state index contributed by atoms with van der Waals surface area (Å²) in [4.78, 5) is 0. The molecule has 4 aliphatic carbocycles. The van der Waals surface area contributed by atoms with Crippen LogP contribution in [0.15, 0.2) is 23.8 Å². The van der Waals surface area contributed by atoms with Crippen molar-refractivity contribution in [3.63, 3.8) is 0 Å². The minimum Gasteiger partial charge on any atom is -0.507 e. The number of phenols is 2. The summed E-state index contributed by atoms with van der Waals surface area (Å²) in [6.45, 7) is 4.58. The van der Waals surface area contributed by atoms with Gasteiger partial charge in [0.15, 0.2) is 0 Å². The van der Waals surface area contributed by atoms with Gasteiger partial charge in [0.25, 0.3) is 0 Å². The van der Waals surface area contributed by atoms with Gasteiger partial charge in [-0.05, 0) is 79.4 Å².